The van der Waals surface area contributed by atoms with Crippen molar-refractivity contribution >= 4 is 11.8 Å². The lowest BCUT2D eigenvalue weighted by molar-refractivity contribution is 0.564. The standard InChI is InChI=1S/C15H18FN3S/c1-10(2)18-9-12-5-4-6-13(16)14(12)20-15-17-8-7-11(3)19-15/h4-8,10,18H,9H2,1-3H3. The van der Waals surface area contributed by atoms with Crippen molar-refractivity contribution in [3.8, 4) is 0 Å². The molecule has 3 nitrogen and oxygen atoms in total. The third kappa shape index (κ3) is 4.02. The van der Waals surface area contributed by atoms with Crippen LogP contribution in [0.1, 0.15) is 25.1 Å². The third-order valence-electron chi connectivity index (χ3n) is 2.72. The molecule has 0 unspecified atom stereocenters. The third-order valence-corrected chi connectivity index (χ3v) is 3.76. The molecule has 1 aromatic heterocycles. The van der Waals surface area contributed by atoms with Crippen molar-refractivity contribution < 1.29 is 4.39 Å². The van der Waals surface area contributed by atoms with E-state index in [1.165, 1.54) is 17.8 Å². The lowest BCUT2D eigenvalue weighted by Crippen LogP contribution is -2.22. The van der Waals surface area contributed by atoms with Crippen LogP contribution in [0.5, 0.6) is 0 Å². The van der Waals surface area contributed by atoms with Gasteiger partial charge >= 0.3 is 0 Å². The van der Waals surface area contributed by atoms with E-state index >= 15 is 0 Å². The van der Waals surface area contributed by atoms with Gasteiger partial charge in [-0.05, 0) is 36.4 Å². The monoisotopic (exact) mass is 291 g/mol. The molecule has 0 fully saturated rings. The summed E-state index contributed by atoms with van der Waals surface area (Å²) in [5.74, 6) is -0.233. The van der Waals surface area contributed by atoms with Gasteiger partial charge in [0.05, 0.1) is 4.90 Å². The highest BCUT2D eigenvalue weighted by Crippen LogP contribution is 2.30. The molecule has 1 N–H and O–H groups in total. The molecule has 0 aliphatic carbocycles. The average molecular weight is 291 g/mol. The molecule has 1 aromatic carbocycles. The van der Waals surface area contributed by atoms with E-state index in [9.17, 15) is 4.39 Å². The van der Waals surface area contributed by atoms with Gasteiger partial charge in [0.1, 0.15) is 5.82 Å². The zero-order chi connectivity index (χ0) is 14.5. The zero-order valence-corrected chi connectivity index (χ0v) is 12.7. The summed E-state index contributed by atoms with van der Waals surface area (Å²) >= 11 is 1.27. The fraction of sp³-hybridized carbons (Fsp3) is 0.333. The molecule has 0 saturated heterocycles. The van der Waals surface area contributed by atoms with E-state index in [4.69, 9.17) is 0 Å². The van der Waals surface area contributed by atoms with Gasteiger partial charge in [-0.1, -0.05) is 26.0 Å². The lowest BCUT2D eigenvalue weighted by Gasteiger charge is -2.12. The van der Waals surface area contributed by atoms with Crippen LogP contribution in [0.3, 0.4) is 0 Å². The van der Waals surface area contributed by atoms with Crippen LogP contribution in [0, 0.1) is 12.7 Å². The lowest BCUT2D eigenvalue weighted by atomic mass is 10.2. The summed E-state index contributed by atoms with van der Waals surface area (Å²) in [6, 6.07) is 7.31. The van der Waals surface area contributed by atoms with Crippen LogP contribution >= 0.6 is 11.8 Å². The molecular weight excluding hydrogens is 273 g/mol. The van der Waals surface area contributed by atoms with Crippen LogP contribution in [0.15, 0.2) is 40.5 Å². The van der Waals surface area contributed by atoms with Crippen LogP contribution in [0.2, 0.25) is 0 Å². The quantitative estimate of drug-likeness (QED) is 0.855. The SMILES string of the molecule is Cc1ccnc(Sc2c(F)cccc2CNC(C)C)n1. The molecule has 106 valence electrons. The number of hydrogen-bond donors (Lipinski definition) is 1. The number of benzene rings is 1. The first-order chi connectivity index (χ1) is 9.56. The molecule has 0 radical (unpaired) electrons. The van der Waals surface area contributed by atoms with E-state index in [0.29, 0.717) is 22.6 Å². The van der Waals surface area contributed by atoms with Gasteiger partial charge in [0.2, 0.25) is 0 Å². The van der Waals surface area contributed by atoms with Crippen molar-refractivity contribution in [1.82, 2.24) is 15.3 Å². The maximum atomic E-state index is 14.1. The molecule has 2 rings (SSSR count). The van der Waals surface area contributed by atoms with Gasteiger partial charge in [-0.3, -0.25) is 0 Å². The molecule has 0 aliphatic heterocycles. The largest absolute Gasteiger partial charge is 0.310 e. The Morgan fingerprint density at radius 1 is 1.30 bits per heavy atom. The van der Waals surface area contributed by atoms with Crippen LogP contribution in [0.4, 0.5) is 4.39 Å². The molecule has 0 amide bonds. The minimum Gasteiger partial charge on any atom is -0.310 e. The van der Waals surface area contributed by atoms with Crippen molar-refractivity contribution in [2.45, 2.75) is 43.4 Å². The first-order valence-corrected chi connectivity index (χ1v) is 7.36. The maximum Gasteiger partial charge on any atom is 0.192 e. The van der Waals surface area contributed by atoms with Gasteiger partial charge in [-0.15, -0.1) is 0 Å². The van der Waals surface area contributed by atoms with Gasteiger partial charge in [0.25, 0.3) is 0 Å². The summed E-state index contributed by atoms with van der Waals surface area (Å²) in [7, 11) is 0. The van der Waals surface area contributed by atoms with Crippen LogP contribution < -0.4 is 5.32 Å². The molecule has 0 aliphatic rings. The zero-order valence-electron chi connectivity index (χ0n) is 11.9. The summed E-state index contributed by atoms with van der Waals surface area (Å²) in [6.45, 7) is 6.66. The van der Waals surface area contributed by atoms with Crippen LogP contribution in [-0.4, -0.2) is 16.0 Å². The molecule has 20 heavy (non-hydrogen) atoms. The van der Waals surface area contributed by atoms with Gasteiger partial charge < -0.3 is 5.32 Å². The smallest absolute Gasteiger partial charge is 0.192 e. The maximum absolute atomic E-state index is 14.1. The Balaban J connectivity index is 2.25. The number of halogens is 1. The number of aryl methyl sites for hydroxylation is 1. The molecule has 5 heteroatoms. The number of aromatic nitrogens is 2. The second kappa shape index (κ2) is 6.81. The van der Waals surface area contributed by atoms with Gasteiger partial charge in [0, 0.05) is 24.5 Å². The molecule has 0 spiro atoms. The van der Waals surface area contributed by atoms with E-state index in [-0.39, 0.29) is 5.82 Å². The molecule has 2 aromatic rings. The number of nitrogens with zero attached hydrogens (tertiary/aromatic N) is 2. The van der Waals surface area contributed by atoms with Crippen molar-refractivity contribution in [2.75, 3.05) is 0 Å². The topological polar surface area (TPSA) is 37.8 Å². The average Bonchev–Trinajstić information content (AvgIpc) is 2.39. The van der Waals surface area contributed by atoms with E-state index < -0.39 is 0 Å². The Morgan fingerprint density at radius 2 is 2.10 bits per heavy atom. The number of nitrogens with one attached hydrogen (secondary N) is 1. The Morgan fingerprint density at radius 3 is 2.80 bits per heavy atom. The minimum absolute atomic E-state index is 0.233. The normalized spacial score (nSPS) is 11.1. The van der Waals surface area contributed by atoms with Gasteiger partial charge in [-0.2, -0.15) is 0 Å². The number of hydrogen-bond acceptors (Lipinski definition) is 4. The second-order valence-corrected chi connectivity index (χ2v) is 5.82. The van der Waals surface area contributed by atoms with Crippen LogP contribution in [-0.2, 0) is 6.54 Å². The molecule has 0 bridgehead atoms. The molecule has 1 heterocycles. The minimum atomic E-state index is -0.233. The number of rotatable bonds is 5. The van der Waals surface area contributed by atoms with E-state index in [1.54, 1.807) is 12.3 Å². The summed E-state index contributed by atoms with van der Waals surface area (Å²) in [5, 5.41) is 3.88. The molecule has 0 saturated carbocycles. The van der Waals surface area contributed by atoms with Gasteiger partial charge in [-0.25, -0.2) is 14.4 Å². The van der Waals surface area contributed by atoms with Crippen molar-refractivity contribution in [1.29, 1.82) is 0 Å². The summed E-state index contributed by atoms with van der Waals surface area (Å²) in [5.41, 5.74) is 1.80. The predicted molar refractivity (Wildman–Crippen MR) is 79.3 cm³/mol. The van der Waals surface area contributed by atoms with Crippen molar-refractivity contribution in [2.24, 2.45) is 0 Å². The Hall–Kier alpha value is -1.46. The van der Waals surface area contributed by atoms with E-state index in [0.717, 1.165) is 11.3 Å². The summed E-state index contributed by atoms with van der Waals surface area (Å²) in [4.78, 5) is 9.08. The fourth-order valence-electron chi connectivity index (χ4n) is 1.69. The summed E-state index contributed by atoms with van der Waals surface area (Å²) in [6.07, 6.45) is 1.69. The highest BCUT2D eigenvalue weighted by Gasteiger charge is 2.12. The summed E-state index contributed by atoms with van der Waals surface area (Å²) < 4.78 is 14.1. The Labute approximate surface area is 123 Å². The second-order valence-electron chi connectivity index (χ2n) is 4.85. The Bertz CT molecular complexity index is 587. The highest BCUT2D eigenvalue weighted by atomic mass is 32.2. The first-order valence-electron chi connectivity index (χ1n) is 6.54. The van der Waals surface area contributed by atoms with Crippen molar-refractivity contribution in [3.63, 3.8) is 0 Å². The fourth-order valence-corrected chi connectivity index (χ4v) is 2.61. The molecule has 0 atom stereocenters. The molecular formula is C15H18FN3S. The van der Waals surface area contributed by atoms with Gasteiger partial charge in [0.15, 0.2) is 5.16 Å². The Kier molecular flexibility index (Phi) is 5.09. The van der Waals surface area contributed by atoms with E-state index in [1.807, 2.05) is 19.1 Å². The van der Waals surface area contributed by atoms with E-state index in [2.05, 4.69) is 29.1 Å². The van der Waals surface area contributed by atoms with Crippen molar-refractivity contribution in [3.05, 3.63) is 47.5 Å². The highest BCUT2D eigenvalue weighted by molar-refractivity contribution is 7.99. The first kappa shape index (κ1) is 14.9. The predicted octanol–water partition coefficient (Wildman–Crippen LogP) is 3.57. The van der Waals surface area contributed by atoms with Crippen LogP contribution in [0.25, 0.3) is 0 Å².